The summed E-state index contributed by atoms with van der Waals surface area (Å²) < 4.78 is 68.0. The molecular weight excluding hydrogens is 1160 g/mol. The Morgan fingerprint density at radius 3 is 0.864 bits per heavy atom. The average molecular weight is 1300 g/mol. The van der Waals surface area contributed by atoms with Crippen molar-refractivity contribution in [2.75, 3.05) is 39.6 Å². The minimum atomic E-state index is -4.95. The van der Waals surface area contributed by atoms with Crippen LogP contribution in [0.5, 0.6) is 0 Å². The lowest BCUT2D eigenvalue weighted by molar-refractivity contribution is -0.161. The maximum Gasteiger partial charge on any atom is 0.472 e. The summed E-state index contributed by atoms with van der Waals surface area (Å²) in [6.07, 6.45) is 43.3. The standard InChI is InChI=1S/C69H134O17P2/c1-8-10-11-33-43-50-66(71)79-56-64(85-69(74)53-46-39-32-26-25-29-36-42-49-62(7)9-2)58-83-87(75,76)81-54-63(70)55-82-88(77,78)84-59-65(57-80-67(72)51-44-37-30-23-19-16-15-18-22-28-35-41-48-61(5)6)86-68(73)52-45-38-31-24-20-14-12-13-17-21-27-34-40-47-60(3)4/h60-65,70H,8-59H2,1-7H3,(H,75,76)(H,77,78)/t62?,63-,64+,65+/m0/s1. The van der Waals surface area contributed by atoms with E-state index in [1.54, 1.807) is 0 Å². The van der Waals surface area contributed by atoms with Crippen LogP contribution in [0.1, 0.15) is 344 Å². The van der Waals surface area contributed by atoms with Gasteiger partial charge in [0.2, 0.25) is 0 Å². The molecule has 0 fully saturated rings. The van der Waals surface area contributed by atoms with Crippen molar-refractivity contribution in [1.29, 1.82) is 0 Å². The lowest BCUT2D eigenvalue weighted by Gasteiger charge is -2.21. The highest BCUT2D eigenvalue weighted by atomic mass is 31.2. The summed E-state index contributed by atoms with van der Waals surface area (Å²) >= 11 is 0. The van der Waals surface area contributed by atoms with E-state index in [-0.39, 0.29) is 25.7 Å². The predicted molar refractivity (Wildman–Crippen MR) is 354 cm³/mol. The molecule has 0 aliphatic rings. The molecule has 88 heavy (non-hydrogen) atoms. The number of carbonyl (C=O) groups excluding carboxylic acids is 4. The van der Waals surface area contributed by atoms with Crippen LogP contribution >= 0.6 is 15.6 Å². The van der Waals surface area contributed by atoms with Crippen molar-refractivity contribution in [3.63, 3.8) is 0 Å². The third-order valence-corrected chi connectivity index (χ3v) is 18.1. The largest absolute Gasteiger partial charge is 0.472 e. The Bertz CT molecular complexity index is 1730. The molecule has 0 aromatic heterocycles. The smallest absolute Gasteiger partial charge is 0.462 e. The molecule has 0 aliphatic carbocycles. The number of rotatable bonds is 67. The Kier molecular flexibility index (Phi) is 58.7. The van der Waals surface area contributed by atoms with Gasteiger partial charge in [-0.15, -0.1) is 0 Å². The van der Waals surface area contributed by atoms with E-state index in [0.29, 0.717) is 25.7 Å². The van der Waals surface area contributed by atoms with E-state index in [9.17, 15) is 43.2 Å². The molecule has 0 heterocycles. The van der Waals surface area contributed by atoms with Crippen LogP contribution in [0.2, 0.25) is 0 Å². The second-order valence-electron chi connectivity index (χ2n) is 26.1. The molecule has 19 heteroatoms. The van der Waals surface area contributed by atoms with Gasteiger partial charge in [0.15, 0.2) is 12.2 Å². The summed E-state index contributed by atoms with van der Waals surface area (Å²) in [5.74, 6) is 0.199. The fourth-order valence-corrected chi connectivity index (χ4v) is 11.9. The van der Waals surface area contributed by atoms with Gasteiger partial charge < -0.3 is 33.8 Å². The monoisotopic (exact) mass is 1300 g/mol. The summed E-state index contributed by atoms with van der Waals surface area (Å²) in [7, 11) is -9.89. The van der Waals surface area contributed by atoms with Gasteiger partial charge in [-0.25, -0.2) is 9.13 Å². The van der Waals surface area contributed by atoms with Crippen LogP contribution in [0.15, 0.2) is 0 Å². The van der Waals surface area contributed by atoms with Gasteiger partial charge in [-0.3, -0.25) is 37.3 Å². The van der Waals surface area contributed by atoms with Crippen molar-refractivity contribution < 1.29 is 80.2 Å². The van der Waals surface area contributed by atoms with Crippen molar-refractivity contribution in [1.82, 2.24) is 0 Å². The van der Waals surface area contributed by atoms with Gasteiger partial charge in [0.05, 0.1) is 26.4 Å². The Morgan fingerprint density at radius 2 is 0.580 bits per heavy atom. The number of phosphoric ester groups is 2. The highest BCUT2D eigenvalue weighted by Gasteiger charge is 2.30. The van der Waals surface area contributed by atoms with E-state index in [2.05, 4.69) is 48.5 Å². The normalized spacial score (nSPS) is 14.5. The van der Waals surface area contributed by atoms with Crippen LogP contribution in [-0.4, -0.2) is 96.7 Å². The van der Waals surface area contributed by atoms with Crippen molar-refractivity contribution >= 4 is 39.5 Å². The Labute approximate surface area is 537 Å². The minimum Gasteiger partial charge on any atom is -0.462 e. The van der Waals surface area contributed by atoms with Crippen LogP contribution in [0.25, 0.3) is 0 Å². The van der Waals surface area contributed by atoms with Gasteiger partial charge in [0.25, 0.3) is 0 Å². The summed E-state index contributed by atoms with van der Waals surface area (Å²) in [5, 5.41) is 10.6. The molecule has 0 saturated carbocycles. The third kappa shape index (κ3) is 61.6. The molecule has 0 bridgehead atoms. The van der Waals surface area contributed by atoms with Crippen molar-refractivity contribution in [2.24, 2.45) is 17.8 Å². The quantitative estimate of drug-likeness (QED) is 0.0222. The van der Waals surface area contributed by atoms with E-state index < -0.39 is 97.5 Å². The summed E-state index contributed by atoms with van der Waals surface area (Å²) in [6, 6.07) is 0. The zero-order valence-electron chi connectivity index (χ0n) is 57.2. The number of unbranched alkanes of at least 4 members (excludes halogenated alkanes) is 34. The van der Waals surface area contributed by atoms with Gasteiger partial charge >= 0.3 is 39.5 Å². The lowest BCUT2D eigenvalue weighted by Crippen LogP contribution is -2.30. The molecule has 0 spiro atoms. The summed E-state index contributed by atoms with van der Waals surface area (Å²) in [4.78, 5) is 72.2. The summed E-state index contributed by atoms with van der Waals surface area (Å²) in [5.41, 5.74) is 0. The number of hydrogen-bond donors (Lipinski definition) is 3. The first-order chi connectivity index (χ1) is 42.3. The molecule has 3 unspecified atom stereocenters. The van der Waals surface area contributed by atoms with Gasteiger partial charge in [-0.05, 0) is 43.4 Å². The molecule has 0 radical (unpaired) electrons. The number of ether oxygens (including phenoxy) is 4. The number of aliphatic hydroxyl groups excluding tert-OH is 1. The first-order valence-electron chi connectivity index (χ1n) is 35.9. The molecule has 0 rings (SSSR count). The first-order valence-corrected chi connectivity index (χ1v) is 38.9. The maximum atomic E-state index is 13.0. The molecule has 17 nitrogen and oxygen atoms in total. The van der Waals surface area contributed by atoms with Crippen LogP contribution in [0.4, 0.5) is 0 Å². The highest BCUT2D eigenvalue weighted by molar-refractivity contribution is 7.47. The first kappa shape index (κ1) is 86.1. The molecule has 0 aliphatic heterocycles. The molecule has 0 amide bonds. The molecule has 0 aromatic rings. The molecule has 6 atom stereocenters. The Morgan fingerprint density at radius 1 is 0.330 bits per heavy atom. The summed E-state index contributed by atoms with van der Waals surface area (Å²) in [6.45, 7) is 11.8. The van der Waals surface area contributed by atoms with E-state index in [0.717, 1.165) is 114 Å². The number of phosphoric acid groups is 2. The van der Waals surface area contributed by atoms with E-state index in [1.165, 1.54) is 148 Å². The lowest BCUT2D eigenvalue weighted by atomic mass is 9.99. The minimum absolute atomic E-state index is 0.104. The topological polar surface area (TPSA) is 237 Å². The third-order valence-electron chi connectivity index (χ3n) is 16.2. The molecule has 3 N–H and O–H groups in total. The molecule has 0 saturated heterocycles. The van der Waals surface area contributed by atoms with Gasteiger partial charge in [0.1, 0.15) is 19.3 Å². The van der Waals surface area contributed by atoms with Crippen LogP contribution in [0, 0.1) is 17.8 Å². The van der Waals surface area contributed by atoms with E-state index in [1.807, 2.05) is 0 Å². The second-order valence-corrected chi connectivity index (χ2v) is 29.0. The maximum absolute atomic E-state index is 13.0. The zero-order chi connectivity index (χ0) is 65.2. The Hall–Kier alpha value is -1.94. The molecular formula is C69H134O17P2. The van der Waals surface area contributed by atoms with Gasteiger partial charge in [0, 0.05) is 25.7 Å². The van der Waals surface area contributed by atoms with Crippen molar-refractivity contribution in [3.8, 4) is 0 Å². The van der Waals surface area contributed by atoms with Gasteiger partial charge in [-0.1, -0.05) is 292 Å². The van der Waals surface area contributed by atoms with Crippen LogP contribution in [-0.2, 0) is 65.4 Å². The number of esters is 4. The number of aliphatic hydroxyl groups is 1. The van der Waals surface area contributed by atoms with Crippen LogP contribution < -0.4 is 0 Å². The predicted octanol–water partition coefficient (Wildman–Crippen LogP) is 19.5. The molecule has 522 valence electrons. The fourth-order valence-electron chi connectivity index (χ4n) is 10.3. The average Bonchev–Trinajstić information content (AvgIpc) is 3.63. The SMILES string of the molecule is CCCCCCCC(=O)OC[C@H](COP(=O)(O)OC[C@H](O)COP(=O)(O)OC[C@@H](COC(=O)CCCCCCCCCCCCCCC(C)C)OC(=O)CCCCCCCCCCCCCCCC(C)C)OC(=O)CCCCCCCCCCC(C)CC. The van der Waals surface area contributed by atoms with Crippen molar-refractivity contribution in [2.45, 2.75) is 362 Å². The van der Waals surface area contributed by atoms with E-state index >= 15 is 0 Å². The second kappa shape index (κ2) is 60.0. The van der Waals surface area contributed by atoms with Crippen LogP contribution in [0.3, 0.4) is 0 Å². The van der Waals surface area contributed by atoms with Crippen molar-refractivity contribution in [3.05, 3.63) is 0 Å². The molecule has 0 aromatic carbocycles. The Balaban J connectivity index is 5.18. The fraction of sp³-hybridized carbons (Fsp3) is 0.942. The number of hydrogen-bond acceptors (Lipinski definition) is 15. The van der Waals surface area contributed by atoms with E-state index in [4.69, 9.17) is 37.0 Å². The zero-order valence-corrected chi connectivity index (χ0v) is 59.0. The number of carbonyl (C=O) groups is 4. The van der Waals surface area contributed by atoms with Gasteiger partial charge in [-0.2, -0.15) is 0 Å². The highest BCUT2D eigenvalue weighted by Crippen LogP contribution is 2.45.